The zero-order valence-corrected chi connectivity index (χ0v) is 10.8. The highest BCUT2D eigenvalue weighted by Crippen LogP contribution is 2.21. The lowest BCUT2D eigenvalue weighted by atomic mass is 10.2. The Labute approximate surface area is 111 Å². The van der Waals surface area contributed by atoms with Gasteiger partial charge >= 0.3 is 11.1 Å². The Balaban J connectivity index is 2.21. The van der Waals surface area contributed by atoms with Crippen LogP contribution in [0.1, 0.15) is 5.56 Å². The van der Waals surface area contributed by atoms with Crippen LogP contribution >= 0.6 is 11.8 Å². The largest absolute Gasteiger partial charge is 0.399 e. The van der Waals surface area contributed by atoms with Crippen molar-refractivity contribution in [3.63, 3.8) is 0 Å². The molecule has 0 unspecified atom stereocenters. The number of halogens is 1. The van der Waals surface area contributed by atoms with Crippen molar-refractivity contribution in [3.8, 4) is 0 Å². The minimum absolute atomic E-state index is 0.332. The number of benzene rings is 1. The number of nitrogen functional groups attached to an aromatic ring is 1. The van der Waals surface area contributed by atoms with Gasteiger partial charge in [-0.15, -0.1) is 0 Å². The van der Waals surface area contributed by atoms with Gasteiger partial charge in [-0.1, -0.05) is 11.8 Å². The molecule has 0 amide bonds. The highest BCUT2D eigenvalue weighted by molar-refractivity contribution is 7.98. The number of rotatable bonds is 3. The summed E-state index contributed by atoms with van der Waals surface area (Å²) in [5, 5.41) is 2.67. The SMILES string of the molecule is Cn1[nH]c(=O)c(=O)nc1SCc1cc(N)cc(F)c1. The van der Waals surface area contributed by atoms with E-state index in [4.69, 9.17) is 5.73 Å². The number of hydrogen-bond donors (Lipinski definition) is 2. The van der Waals surface area contributed by atoms with E-state index in [1.807, 2.05) is 0 Å². The monoisotopic (exact) mass is 282 g/mol. The molecule has 2 aromatic rings. The van der Waals surface area contributed by atoms with Crippen LogP contribution in [0, 0.1) is 5.82 Å². The standard InChI is InChI=1S/C11H11FN4O2S/c1-16-11(14-9(17)10(18)15-16)19-5-6-2-7(12)4-8(13)3-6/h2-4H,5,13H2,1H3,(H,15,18). The third kappa shape index (κ3) is 3.22. The highest BCUT2D eigenvalue weighted by atomic mass is 32.2. The van der Waals surface area contributed by atoms with Gasteiger partial charge in [0.2, 0.25) is 0 Å². The van der Waals surface area contributed by atoms with Crippen molar-refractivity contribution in [3.05, 3.63) is 50.3 Å². The second kappa shape index (κ2) is 5.27. The number of aryl methyl sites for hydroxylation is 1. The lowest BCUT2D eigenvalue weighted by Gasteiger charge is -2.06. The summed E-state index contributed by atoms with van der Waals surface area (Å²) in [6.07, 6.45) is 0. The van der Waals surface area contributed by atoms with Gasteiger partial charge in [-0.05, 0) is 23.8 Å². The number of nitrogens with zero attached hydrogens (tertiary/aromatic N) is 2. The van der Waals surface area contributed by atoms with Crippen LogP contribution in [0.5, 0.6) is 0 Å². The molecule has 0 aliphatic carbocycles. The van der Waals surface area contributed by atoms with Crippen LogP contribution in [0.4, 0.5) is 10.1 Å². The molecular formula is C11H11FN4O2S. The van der Waals surface area contributed by atoms with Crippen LogP contribution in [0.2, 0.25) is 0 Å². The summed E-state index contributed by atoms with van der Waals surface area (Å²) >= 11 is 1.20. The molecule has 1 aromatic heterocycles. The highest BCUT2D eigenvalue weighted by Gasteiger charge is 2.06. The number of anilines is 1. The number of hydrogen-bond acceptors (Lipinski definition) is 5. The van der Waals surface area contributed by atoms with Crippen molar-refractivity contribution in [1.29, 1.82) is 0 Å². The molecule has 0 bridgehead atoms. The number of aromatic nitrogens is 3. The van der Waals surface area contributed by atoms with E-state index < -0.39 is 16.9 Å². The predicted octanol–water partition coefficient (Wildman–Crippen LogP) is 0.482. The fourth-order valence-corrected chi connectivity index (χ4v) is 2.35. The van der Waals surface area contributed by atoms with Gasteiger partial charge in [-0.25, -0.2) is 4.39 Å². The van der Waals surface area contributed by atoms with Crippen LogP contribution in [0.15, 0.2) is 32.9 Å². The molecule has 0 saturated carbocycles. The maximum atomic E-state index is 13.1. The smallest absolute Gasteiger partial charge is 0.339 e. The Morgan fingerprint density at radius 2 is 2.16 bits per heavy atom. The minimum Gasteiger partial charge on any atom is -0.399 e. The Kier molecular flexibility index (Phi) is 3.70. The average Bonchev–Trinajstić information content (AvgIpc) is 2.31. The summed E-state index contributed by atoms with van der Waals surface area (Å²) in [5.74, 6) is -0.0345. The number of thioether (sulfide) groups is 1. The predicted molar refractivity (Wildman–Crippen MR) is 70.5 cm³/mol. The number of H-pyrrole nitrogens is 1. The molecular weight excluding hydrogens is 271 g/mol. The maximum absolute atomic E-state index is 13.1. The summed E-state index contributed by atoms with van der Waals surface area (Å²) in [7, 11) is 1.57. The zero-order chi connectivity index (χ0) is 14.0. The van der Waals surface area contributed by atoms with Crippen LogP contribution in [0.3, 0.4) is 0 Å². The molecule has 3 N–H and O–H groups in total. The maximum Gasteiger partial charge on any atom is 0.339 e. The van der Waals surface area contributed by atoms with Gasteiger partial charge in [0.1, 0.15) is 5.82 Å². The Hall–Kier alpha value is -2.09. The fraction of sp³-hybridized carbons (Fsp3) is 0.182. The quantitative estimate of drug-likeness (QED) is 0.485. The first kappa shape index (κ1) is 13.3. The molecule has 100 valence electrons. The van der Waals surface area contributed by atoms with E-state index >= 15 is 0 Å². The van der Waals surface area contributed by atoms with E-state index in [2.05, 4.69) is 10.1 Å². The second-order valence-corrected chi connectivity index (χ2v) is 4.82. The molecule has 0 atom stereocenters. The molecule has 0 spiro atoms. The molecule has 1 aromatic carbocycles. The lowest BCUT2D eigenvalue weighted by Crippen LogP contribution is -2.33. The van der Waals surface area contributed by atoms with E-state index in [0.29, 0.717) is 22.2 Å². The summed E-state index contributed by atoms with van der Waals surface area (Å²) in [6.45, 7) is 0. The van der Waals surface area contributed by atoms with Crippen molar-refractivity contribution in [2.45, 2.75) is 10.9 Å². The first-order chi connectivity index (χ1) is 8.95. The van der Waals surface area contributed by atoms with Crippen molar-refractivity contribution in [2.75, 3.05) is 5.73 Å². The summed E-state index contributed by atoms with van der Waals surface area (Å²) in [5.41, 5.74) is 4.91. The van der Waals surface area contributed by atoms with Crippen molar-refractivity contribution in [1.82, 2.24) is 14.8 Å². The summed E-state index contributed by atoms with van der Waals surface area (Å²) < 4.78 is 14.5. The van der Waals surface area contributed by atoms with Gasteiger partial charge in [0.05, 0.1) is 0 Å². The number of nitrogens with one attached hydrogen (secondary N) is 1. The fourth-order valence-electron chi connectivity index (χ4n) is 1.50. The van der Waals surface area contributed by atoms with Crippen LogP contribution in [-0.4, -0.2) is 14.8 Å². The van der Waals surface area contributed by atoms with Gasteiger partial charge in [0.25, 0.3) is 0 Å². The summed E-state index contributed by atoms with van der Waals surface area (Å²) in [4.78, 5) is 25.8. The normalized spacial score (nSPS) is 10.6. The third-order valence-corrected chi connectivity index (χ3v) is 3.40. The van der Waals surface area contributed by atoms with Crippen molar-refractivity contribution in [2.24, 2.45) is 7.05 Å². The molecule has 0 radical (unpaired) electrons. The van der Waals surface area contributed by atoms with E-state index in [1.54, 1.807) is 13.1 Å². The van der Waals surface area contributed by atoms with Gasteiger partial charge in [-0.3, -0.25) is 19.4 Å². The molecule has 0 aliphatic heterocycles. The van der Waals surface area contributed by atoms with E-state index in [9.17, 15) is 14.0 Å². The molecule has 2 rings (SSSR count). The summed E-state index contributed by atoms with van der Waals surface area (Å²) in [6, 6.07) is 4.22. The molecule has 0 fully saturated rings. The van der Waals surface area contributed by atoms with E-state index in [-0.39, 0.29) is 0 Å². The zero-order valence-electron chi connectivity index (χ0n) is 10.0. The molecule has 19 heavy (non-hydrogen) atoms. The van der Waals surface area contributed by atoms with Gasteiger partial charge < -0.3 is 5.73 Å². The molecule has 1 heterocycles. The molecule has 8 heteroatoms. The van der Waals surface area contributed by atoms with Gasteiger partial charge in [-0.2, -0.15) is 4.98 Å². The lowest BCUT2D eigenvalue weighted by molar-refractivity contribution is 0.596. The average molecular weight is 282 g/mol. The Morgan fingerprint density at radius 3 is 2.84 bits per heavy atom. The topological polar surface area (TPSA) is 93.8 Å². The number of aromatic amines is 1. The Bertz CT molecular complexity index is 705. The minimum atomic E-state index is -0.848. The van der Waals surface area contributed by atoms with E-state index in [0.717, 1.165) is 0 Å². The van der Waals surface area contributed by atoms with Crippen molar-refractivity contribution < 1.29 is 4.39 Å². The van der Waals surface area contributed by atoms with E-state index in [1.165, 1.54) is 28.6 Å². The molecule has 0 saturated heterocycles. The second-order valence-electron chi connectivity index (χ2n) is 3.88. The number of nitrogens with two attached hydrogens (primary N) is 1. The van der Waals surface area contributed by atoms with Crippen molar-refractivity contribution >= 4 is 17.4 Å². The first-order valence-corrected chi connectivity index (χ1v) is 6.29. The molecule has 0 aliphatic rings. The van der Waals surface area contributed by atoms with Crippen LogP contribution < -0.4 is 16.9 Å². The molecule has 6 nitrogen and oxygen atoms in total. The third-order valence-electron chi connectivity index (χ3n) is 2.30. The van der Waals surface area contributed by atoms with Crippen LogP contribution in [0.25, 0.3) is 0 Å². The first-order valence-electron chi connectivity index (χ1n) is 5.31. The Morgan fingerprint density at radius 1 is 1.42 bits per heavy atom. The van der Waals surface area contributed by atoms with Gasteiger partial charge in [0, 0.05) is 18.5 Å². The van der Waals surface area contributed by atoms with Gasteiger partial charge in [0.15, 0.2) is 5.16 Å². The van der Waals surface area contributed by atoms with Crippen LogP contribution in [-0.2, 0) is 12.8 Å².